The molecule has 6 N–H and O–H groups in total. The van der Waals surface area contributed by atoms with Crippen molar-refractivity contribution < 1.29 is 16.7 Å². The van der Waals surface area contributed by atoms with Crippen molar-refractivity contribution in [3.8, 4) is 0 Å². The number of carbonyl (C=O) groups is 1. The fraction of sp³-hybridized carbons (Fsp3) is 0.632. The Morgan fingerprint density at radius 1 is 0.885 bits per heavy atom. The number of amides is 1. The van der Waals surface area contributed by atoms with Crippen LogP contribution in [0.15, 0.2) is 24.3 Å². The Kier molecular flexibility index (Phi) is 14.4. The average Bonchev–Trinajstić information content (AvgIpc) is 2.60. The minimum absolute atomic E-state index is 0.0666. The Balaban J connectivity index is 0.000000481. The Labute approximate surface area is 160 Å². The van der Waals surface area contributed by atoms with Gasteiger partial charge in [-0.2, -0.15) is 0 Å². The second-order valence-electron chi connectivity index (χ2n) is 6.43. The summed E-state index contributed by atoms with van der Waals surface area (Å²) in [4.78, 5) is 10.6. The third-order valence-electron chi connectivity index (χ3n) is 4.05. The molecule has 0 aliphatic heterocycles. The van der Waals surface area contributed by atoms with Crippen molar-refractivity contribution in [1.29, 1.82) is 0 Å². The molecule has 0 bridgehead atoms. The van der Waals surface area contributed by atoms with E-state index in [1.807, 2.05) is 0 Å². The summed E-state index contributed by atoms with van der Waals surface area (Å²) in [5.74, 6) is -0.621. The summed E-state index contributed by atoms with van der Waals surface area (Å²) in [5.41, 5.74) is 10.6. The monoisotopic (exact) mass is 430 g/mol. The average molecular weight is 430 g/mol. The number of benzene rings is 1. The normalized spacial score (nSPS) is 10.9. The predicted octanol–water partition coefficient (Wildman–Crippen LogP) is 2.21. The van der Waals surface area contributed by atoms with E-state index in [1.165, 1.54) is 88.5 Å². The van der Waals surface area contributed by atoms with Gasteiger partial charge in [0, 0.05) is 0 Å². The van der Waals surface area contributed by atoms with Gasteiger partial charge >= 0.3 is 76.7 Å². The third kappa shape index (κ3) is 13.2. The molecule has 0 spiro atoms. The van der Waals surface area contributed by atoms with E-state index in [9.17, 15) is 8.53 Å². The summed E-state index contributed by atoms with van der Waals surface area (Å²) >= 11 is -4.82. The second kappa shape index (κ2) is 15.0. The molecule has 0 radical (unpaired) electrons. The van der Waals surface area contributed by atoms with E-state index in [-0.39, 0.29) is 9.91 Å². The number of carbonyl (C=O) groups excluding carboxylic acids is 1. The van der Waals surface area contributed by atoms with Crippen molar-refractivity contribution >= 4 is 24.4 Å². The molecule has 0 aliphatic carbocycles. The van der Waals surface area contributed by atoms with Crippen LogP contribution in [-0.4, -0.2) is 34.8 Å². The molecule has 0 heterocycles. The van der Waals surface area contributed by atoms with Gasteiger partial charge in [0.1, 0.15) is 0 Å². The number of unbranched alkanes of at least 4 members (excludes halogenated alkanes) is 9. The summed E-state index contributed by atoms with van der Waals surface area (Å²) in [5, 5.41) is 0. The minimum atomic E-state index is -4.82. The van der Waals surface area contributed by atoms with E-state index in [0.717, 1.165) is 6.54 Å². The zero-order chi connectivity index (χ0) is 19.8. The van der Waals surface area contributed by atoms with E-state index in [0.29, 0.717) is 0 Å². The van der Waals surface area contributed by atoms with Gasteiger partial charge in [-0.25, -0.2) is 0 Å². The third-order valence-corrected chi connectivity index (χ3v) is 6.08. The van der Waals surface area contributed by atoms with Gasteiger partial charge in [0.25, 0.3) is 0 Å². The summed E-state index contributed by atoms with van der Waals surface area (Å²) in [7, 11) is 0. The molecule has 0 unspecified atom stereocenters. The Bertz CT molecular complexity index is 519. The molecule has 0 fully saturated rings. The van der Waals surface area contributed by atoms with E-state index < -0.39 is 20.1 Å². The maximum atomic E-state index is 10.8. The quantitative estimate of drug-likeness (QED) is 0.299. The van der Waals surface area contributed by atoms with Gasteiger partial charge in [-0.15, -0.1) is 0 Å². The predicted molar refractivity (Wildman–Crippen MR) is 106 cm³/mol. The standard InChI is InChI=1S/C12H27N.C7H8AsNO4/c1-2-3-4-5-6-7-8-9-10-11-12-13;9-7(10)5-1-3-6(4-2-5)8(11,12)13/h2-13H2,1H3;1-4H,(H2,9,10)(H2,11,12,13). The van der Waals surface area contributed by atoms with Gasteiger partial charge in [0.2, 0.25) is 0 Å². The maximum absolute atomic E-state index is 10.8. The molecule has 6 nitrogen and oxygen atoms in total. The molecule has 150 valence electrons. The van der Waals surface area contributed by atoms with Crippen molar-refractivity contribution in [3.05, 3.63) is 29.8 Å². The molecular weight excluding hydrogens is 395 g/mol. The number of hydrogen-bond acceptors (Lipinski definition) is 3. The molecule has 26 heavy (non-hydrogen) atoms. The molecule has 7 heteroatoms. The zero-order valence-corrected chi connectivity index (χ0v) is 17.8. The van der Waals surface area contributed by atoms with Gasteiger partial charge in [-0.3, -0.25) is 0 Å². The van der Waals surface area contributed by atoms with Crippen LogP contribution in [0, 0.1) is 0 Å². The van der Waals surface area contributed by atoms with Crippen molar-refractivity contribution in [3.63, 3.8) is 0 Å². The first-order valence-corrected chi connectivity index (χ1v) is 12.9. The van der Waals surface area contributed by atoms with Crippen molar-refractivity contribution in [2.24, 2.45) is 11.5 Å². The number of hydrogen-bond donors (Lipinski definition) is 4. The van der Waals surface area contributed by atoms with Crippen LogP contribution < -0.4 is 15.8 Å². The summed E-state index contributed by atoms with van der Waals surface area (Å²) in [6.07, 6.45) is 13.9. The van der Waals surface area contributed by atoms with Gasteiger partial charge < -0.3 is 5.73 Å². The van der Waals surface area contributed by atoms with E-state index in [4.69, 9.17) is 19.7 Å². The van der Waals surface area contributed by atoms with E-state index in [2.05, 4.69) is 6.92 Å². The molecule has 0 saturated carbocycles. The van der Waals surface area contributed by atoms with Crippen LogP contribution in [-0.2, 0) is 3.74 Å². The molecule has 1 amide bonds. The first-order valence-electron chi connectivity index (χ1n) is 9.49. The van der Waals surface area contributed by atoms with Crippen LogP contribution >= 0.6 is 0 Å². The van der Waals surface area contributed by atoms with Crippen LogP contribution in [0.2, 0.25) is 0 Å². The molecule has 1 aromatic carbocycles. The van der Waals surface area contributed by atoms with Crippen LogP contribution in [0.4, 0.5) is 0 Å². The summed E-state index contributed by atoms with van der Waals surface area (Å²) < 4.78 is 28.2. The molecule has 1 rings (SSSR count). The summed E-state index contributed by atoms with van der Waals surface area (Å²) in [6, 6.07) is 5.00. The van der Waals surface area contributed by atoms with E-state index >= 15 is 0 Å². The molecule has 0 atom stereocenters. The first-order chi connectivity index (χ1) is 12.3. The number of primary amides is 1. The fourth-order valence-electron chi connectivity index (χ4n) is 2.45. The van der Waals surface area contributed by atoms with Crippen molar-refractivity contribution in [2.45, 2.75) is 71.1 Å². The number of nitrogens with two attached hydrogens (primary N) is 2. The van der Waals surface area contributed by atoms with Gasteiger partial charge in [-0.1, -0.05) is 64.7 Å². The van der Waals surface area contributed by atoms with Crippen LogP contribution in [0.25, 0.3) is 0 Å². The van der Waals surface area contributed by atoms with E-state index in [1.54, 1.807) is 0 Å². The second-order valence-corrected chi connectivity index (χ2v) is 9.79. The van der Waals surface area contributed by atoms with Gasteiger partial charge in [-0.05, 0) is 13.0 Å². The van der Waals surface area contributed by atoms with Crippen LogP contribution in [0.5, 0.6) is 0 Å². The van der Waals surface area contributed by atoms with Gasteiger partial charge in [0.05, 0.1) is 0 Å². The molecule has 1 aromatic rings. The molecule has 0 aromatic heterocycles. The Morgan fingerprint density at radius 3 is 1.65 bits per heavy atom. The van der Waals surface area contributed by atoms with Crippen molar-refractivity contribution in [2.75, 3.05) is 6.54 Å². The molecular formula is C19H35AsN2O4. The Morgan fingerprint density at radius 2 is 1.31 bits per heavy atom. The topological polar surface area (TPSA) is 127 Å². The zero-order valence-electron chi connectivity index (χ0n) is 15.9. The first kappa shape index (κ1) is 24.9. The van der Waals surface area contributed by atoms with Crippen molar-refractivity contribution in [1.82, 2.24) is 0 Å². The van der Waals surface area contributed by atoms with Gasteiger partial charge in [0.15, 0.2) is 0 Å². The van der Waals surface area contributed by atoms with Crippen LogP contribution in [0.3, 0.4) is 0 Å². The molecule has 0 aliphatic rings. The summed E-state index contributed by atoms with van der Waals surface area (Å²) in [6.45, 7) is 3.14. The SMILES string of the molecule is CCCCCCCCCCCCN.NC(=O)c1ccc([As](=O)(O)O)cc1. The molecule has 0 saturated heterocycles. The fourth-order valence-corrected chi connectivity index (χ4v) is 3.58. The Hall–Kier alpha value is -1.07. The number of rotatable bonds is 12. The van der Waals surface area contributed by atoms with Crippen LogP contribution in [0.1, 0.15) is 81.5 Å².